The van der Waals surface area contributed by atoms with Gasteiger partial charge >= 0.3 is 5.97 Å². The molecule has 0 aliphatic heterocycles. The standard InChI is InChI=1S/C16H24O3/c1-6-15(2,3)16(4,5)12-8-7-9-13(10-12)19-11-14(17)18/h7-10H,6,11H2,1-5H3,(H,17,18). The van der Waals surface area contributed by atoms with Gasteiger partial charge in [0.15, 0.2) is 6.61 Å². The van der Waals surface area contributed by atoms with Crippen molar-refractivity contribution >= 4 is 5.97 Å². The molecule has 1 aromatic rings. The van der Waals surface area contributed by atoms with E-state index in [4.69, 9.17) is 9.84 Å². The molecule has 0 amide bonds. The molecular weight excluding hydrogens is 240 g/mol. The summed E-state index contributed by atoms with van der Waals surface area (Å²) in [5.41, 5.74) is 1.31. The van der Waals surface area contributed by atoms with Gasteiger partial charge in [-0.05, 0) is 28.5 Å². The maximum Gasteiger partial charge on any atom is 0.341 e. The zero-order valence-electron chi connectivity index (χ0n) is 12.5. The maximum absolute atomic E-state index is 10.5. The molecule has 0 aromatic heterocycles. The molecule has 0 heterocycles. The van der Waals surface area contributed by atoms with Crippen molar-refractivity contribution < 1.29 is 14.6 Å². The number of rotatable bonds is 6. The Bertz CT molecular complexity index is 447. The average molecular weight is 264 g/mol. The second-order valence-electron chi connectivity index (χ2n) is 6.07. The fourth-order valence-corrected chi connectivity index (χ4v) is 1.95. The van der Waals surface area contributed by atoms with E-state index < -0.39 is 5.97 Å². The number of benzene rings is 1. The van der Waals surface area contributed by atoms with Gasteiger partial charge in [-0.2, -0.15) is 0 Å². The molecule has 0 atom stereocenters. The van der Waals surface area contributed by atoms with Crippen LogP contribution in [0, 0.1) is 5.41 Å². The number of ether oxygens (including phenoxy) is 1. The van der Waals surface area contributed by atoms with Gasteiger partial charge in [0.2, 0.25) is 0 Å². The third-order valence-electron chi connectivity index (χ3n) is 4.49. The molecule has 1 aromatic carbocycles. The quantitative estimate of drug-likeness (QED) is 0.848. The second-order valence-corrected chi connectivity index (χ2v) is 6.07. The van der Waals surface area contributed by atoms with Gasteiger partial charge in [0, 0.05) is 0 Å². The van der Waals surface area contributed by atoms with Crippen LogP contribution in [0.5, 0.6) is 5.75 Å². The van der Waals surface area contributed by atoms with E-state index in [1.165, 1.54) is 5.56 Å². The molecule has 3 nitrogen and oxygen atoms in total. The van der Waals surface area contributed by atoms with Crippen molar-refractivity contribution in [2.75, 3.05) is 6.61 Å². The van der Waals surface area contributed by atoms with Crippen LogP contribution in [0.3, 0.4) is 0 Å². The first-order valence-corrected chi connectivity index (χ1v) is 6.66. The minimum Gasteiger partial charge on any atom is -0.482 e. The Morgan fingerprint density at radius 2 is 1.89 bits per heavy atom. The van der Waals surface area contributed by atoms with E-state index in [-0.39, 0.29) is 17.4 Å². The molecule has 0 bridgehead atoms. The summed E-state index contributed by atoms with van der Waals surface area (Å²) in [4.78, 5) is 10.5. The predicted octanol–water partition coefficient (Wildman–Crippen LogP) is 3.86. The lowest BCUT2D eigenvalue weighted by atomic mass is 9.63. The Balaban J connectivity index is 3.01. The summed E-state index contributed by atoms with van der Waals surface area (Å²) in [5.74, 6) is -0.349. The lowest BCUT2D eigenvalue weighted by molar-refractivity contribution is -0.139. The highest BCUT2D eigenvalue weighted by atomic mass is 16.5. The van der Waals surface area contributed by atoms with E-state index in [0.717, 1.165) is 6.42 Å². The number of carbonyl (C=O) groups is 1. The van der Waals surface area contributed by atoms with Crippen LogP contribution in [0.1, 0.15) is 46.6 Å². The fourth-order valence-electron chi connectivity index (χ4n) is 1.95. The third kappa shape index (κ3) is 3.49. The van der Waals surface area contributed by atoms with Crippen molar-refractivity contribution in [3.05, 3.63) is 29.8 Å². The van der Waals surface area contributed by atoms with Crippen LogP contribution in [-0.2, 0) is 10.2 Å². The van der Waals surface area contributed by atoms with Gasteiger partial charge in [-0.15, -0.1) is 0 Å². The first-order valence-electron chi connectivity index (χ1n) is 6.66. The third-order valence-corrected chi connectivity index (χ3v) is 4.49. The summed E-state index contributed by atoms with van der Waals surface area (Å²) in [7, 11) is 0. The molecule has 3 heteroatoms. The second kappa shape index (κ2) is 5.64. The zero-order valence-corrected chi connectivity index (χ0v) is 12.5. The van der Waals surface area contributed by atoms with E-state index in [1.54, 1.807) is 6.07 Å². The smallest absolute Gasteiger partial charge is 0.341 e. The van der Waals surface area contributed by atoms with E-state index in [9.17, 15) is 4.79 Å². The van der Waals surface area contributed by atoms with Crippen molar-refractivity contribution in [1.82, 2.24) is 0 Å². The van der Waals surface area contributed by atoms with Crippen molar-refractivity contribution in [1.29, 1.82) is 0 Å². The first kappa shape index (κ1) is 15.5. The highest BCUT2D eigenvalue weighted by Gasteiger charge is 2.36. The van der Waals surface area contributed by atoms with Gasteiger partial charge in [-0.1, -0.05) is 53.2 Å². The molecular formula is C16H24O3. The molecule has 0 unspecified atom stereocenters. The molecule has 0 saturated heterocycles. The van der Waals surface area contributed by atoms with Crippen LogP contribution < -0.4 is 4.74 Å². The molecule has 1 N–H and O–H groups in total. The summed E-state index contributed by atoms with van der Waals surface area (Å²) in [6.45, 7) is 10.8. The van der Waals surface area contributed by atoms with Gasteiger partial charge in [0.05, 0.1) is 0 Å². The molecule has 1 rings (SSSR count). The summed E-state index contributed by atoms with van der Waals surface area (Å²) in [5, 5.41) is 8.65. The maximum atomic E-state index is 10.5. The minimum absolute atomic E-state index is 0.00958. The van der Waals surface area contributed by atoms with Crippen LogP contribution >= 0.6 is 0 Å². The minimum atomic E-state index is -0.960. The summed E-state index contributed by atoms with van der Waals surface area (Å²) in [6, 6.07) is 7.73. The number of carboxylic acids is 1. The van der Waals surface area contributed by atoms with Crippen molar-refractivity contribution in [2.45, 2.75) is 46.5 Å². The van der Waals surface area contributed by atoms with E-state index in [2.05, 4.69) is 40.7 Å². The number of hydrogen-bond acceptors (Lipinski definition) is 2. The summed E-state index contributed by atoms with van der Waals surface area (Å²) >= 11 is 0. The van der Waals surface area contributed by atoms with E-state index in [1.807, 2.05) is 12.1 Å². The van der Waals surface area contributed by atoms with Gasteiger partial charge in [0.25, 0.3) is 0 Å². The van der Waals surface area contributed by atoms with Crippen LogP contribution in [0.25, 0.3) is 0 Å². The lowest BCUT2D eigenvalue weighted by Crippen LogP contribution is -2.36. The highest BCUT2D eigenvalue weighted by Crippen LogP contribution is 2.44. The van der Waals surface area contributed by atoms with Crippen molar-refractivity contribution in [2.24, 2.45) is 5.41 Å². The number of hydrogen-bond donors (Lipinski definition) is 1. The Kier molecular flexibility index (Phi) is 4.61. The average Bonchev–Trinajstić information content (AvgIpc) is 2.36. The predicted molar refractivity (Wildman–Crippen MR) is 76.7 cm³/mol. The molecule has 0 aliphatic carbocycles. The Hall–Kier alpha value is -1.51. The largest absolute Gasteiger partial charge is 0.482 e. The summed E-state index contributed by atoms with van der Waals surface area (Å²) in [6.07, 6.45) is 1.07. The van der Waals surface area contributed by atoms with Crippen LogP contribution in [0.15, 0.2) is 24.3 Å². The Labute approximate surface area is 115 Å². The Morgan fingerprint density at radius 1 is 1.26 bits per heavy atom. The molecule has 0 saturated carbocycles. The molecule has 0 spiro atoms. The first-order chi connectivity index (χ1) is 8.70. The summed E-state index contributed by atoms with van der Waals surface area (Å²) < 4.78 is 5.25. The lowest BCUT2D eigenvalue weighted by Gasteiger charge is -2.42. The van der Waals surface area contributed by atoms with Crippen molar-refractivity contribution in [3.8, 4) is 5.75 Å². The SMILES string of the molecule is CCC(C)(C)C(C)(C)c1cccc(OCC(=O)O)c1. The Morgan fingerprint density at radius 3 is 2.42 bits per heavy atom. The number of aliphatic carboxylic acids is 1. The zero-order chi connectivity index (χ0) is 14.7. The van der Waals surface area contributed by atoms with Gasteiger partial charge in [0.1, 0.15) is 5.75 Å². The van der Waals surface area contributed by atoms with Crippen molar-refractivity contribution in [3.63, 3.8) is 0 Å². The topological polar surface area (TPSA) is 46.5 Å². The monoisotopic (exact) mass is 264 g/mol. The van der Waals surface area contributed by atoms with E-state index in [0.29, 0.717) is 5.75 Å². The van der Waals surface area contributed by atoms with Gasteiger partial charge in [-0.3, -0.25) is 0 Å². The molecule has 0 fully saturated rings. The van der Waals surface area contributed by atoms with Crippen LogP contribution in [0.4, 0.5) is 0 Å². The van der Waals surface area contributed by atoms with E-state index >= 15 is 0 Å². The molecule has 0 radical (unpaired) electrons. The highest BCUT2D eigenvalue weighted by molar-refractivity contribution is 5.68. The molecule has 19 heavy (non-hydrogen) atoms. The van der Waals surface area contributed by atoms with Gasteiger partial charge < -0.3 is 9.84 Å². The molecule has 106 valence electrons. The fraction of sp³-hybridized carbons (Fsp3) is 0.562. The normalized spacial score (nSPS) is 12.3. The van der Waals surface area contributed by atoms with Gasteiger partial charge in [-0.25, -0.2) is 4.79 Å². The molecule has 0 aliphatic rings. The van der Waals surface area contributed by atoms with Crippen LogP contribution in [-0.4, -0.2) is 17.7 Å². The van der Waals surface area contributed by atoms with Crippen LogP contribution in [0.2, 0.25) is 0 Å². The number of carboxylic acid groups (broad SMARTS) is 1.